The third-order valence-electron chi connectivity index (χ3n) is 3.09. The van der Waals surface area contributed by atoms with Crippen molar-refractivity contribution in [3.63, 3.8) is 0 Å². The highest BCUT2D eigenvalue weighted by Crippen LogP contribution is 2.33. The topological polar surface area (TPSA) is 43.9 Å². The fourth-order valence-corrected chi connectivity index (χ4v) is 3.01. The highest BCUT2D eigenvalue weighted by molar-refractivity contribution is 9.10. The molecule has 4 nitrogen and oxygen atoms in total. The molecule has 0 bridgehead atoms. The number of fused-ring (bicyclic) bond motifs is 1. The molecule has 2 heterocycles. The van der Waals surface area contributed by atoms with Crippen LogP contribution in [0.25, 0.3) is 22.2 Å². The molecule has 0 unspecified atom stereocenters. The van der Waals surface area contributed by atoms with Crippen molar-refractivity contribution in [1.82, 2.24) is 14.7 Å². The van der Waals surface area contributed by atoms with Crippen molar-refractivity contribution in [1.29, 1.82) is 0 Å². The molecule has 0 fully saturated rings. The van der Waals surface area contributed by atoms with E-state index in [1.807, 2.05) is 31.8 Å². The molecule has 0 aliphatic rings. The lowest BCUT2D eigenvalue weighted by molar-refractivity contribution is 0.393. The number of benzene rings is 1. The number of aryl methyl sites for hydroxylation is 3. The summed E-state index contributed by atoms with van der Waals surface area (Å²) in [6.07, 6.45) is 1.81. The number of hydrogen-bond acceptors (Lipinski definition) is 3. The van der Waals surface area contributed by atoms with Gasteiger partial charge < -0.3 is 9.09 Å². The monoisotopic (exact) mass is 305 g/mol. The summed E-state index contributed by atoms with van der Waals surface area (Å²) in [5, 5.41) is 3.99. The van der Waals surface area contributed by atoms with Gasteiger partial charge in [0, 0.05) is 17.1 Å². The summed E-state index contributed by atoms with van der Waals surface area (Å²) < 4.78 is 8.24. The molecule has 2 aromatic heterocycles. The van der Waals surface area contributed by atoms with Crippen molar-refractivity contribution in [3.05, 3.63) is 34.4 Å². The van der Waals surface area contributed by atoms with E-state index in [1.165, 1.54) is 0 Å². The second kappa shape index (κ2) is 3.95. The zero-order chi connectivity index (χ0) is 12.9. The number of imidazole rings is 1. The zero-order valence-corrected chi connectivity index (χ0v) is 11.9. The summed E-state index contributed by atoms with van der Waals surface area (Å²) in [5.74, 6) is 0.828. The van der Waals surface area contributed by atoms with E-state index in [9.17, 15) is 0 Å². The highest BCUT2D eigenvalue weighted by atomic mass is 79.9. The third kappa shape index (κ3) is 1.58. The molecule has 3 aromatic rings. The minimum atomic E-state index is 0.828. The lowest BCUT2D eigenvalue weighted by Crippen LogP contribution is -1.87. The molecule has 0 amide bonds. The number of halogens is 1. The normalized spacial score (nSPS) is 11.3. The second-order valence-corrected chi connectivity index (χ2v) is 5.23. The molecule has 0 radical (unpaired) electrons. The second-order valence-electron chi connectivity index (χ2n) is 4.38. The van der Waals surface area contributed by atoms with Crippen LogP contribution >= 0.6 is 15.9 Å². The van der Waals surface area contributed by atoms with Crippen molar-refractivity contribution in [2.45, 2.75) is 13.8 Å². The largest absolute Gasteiger partial charge is 0.361 e. The van der Waals surface area contributed by atoms with E-state index < -0.39 is 0 Å². The predicted molar refractivity (Wildman–Crippen MR) is 73.4 cm³/mol. The van der Waals surface area contributed by atoms with Gasteiger partial charge in [-0.1, -0.05) is 5.16 Å². The van der Waals surface area contributed by atoms with Crippen LogP contribution in [0.3, 0.4) is 0 Å². The Balaban J connectivity index is 2.32. The molecule has 1 aromatic carbocycles. The van der Waals surface area contributed by atoms with Crippen LogP contribution in [0.2, 0.25) is 0 Å². The summed E-state index contributed by atoms with van der Waals surface area (Å²) in [4.78, 5) is 4.39. The van der Waals surface area contributed by atoms with Gasteiger partial charge in [0.05, 0.1) is 23.1 Å². The number of hydrogen-bond donors (Lipinski definition) is 0. The first-order valence-corrected chi connectivity index (χ1v) is 6.41. The van der Waals surface area contributed by atoms with E-state index in [1.54, 1.807) is 0 Å². The Morgan fingerprint density at radius 1 is 1.28 bits per heavy atom. The summed E-state index contributed by atoms with van der Waals surface area (Å²) in [6.45, 7) is 3.87. The van der Waals surface area contributed by atoms with Gasteiger partial charge in [-0.15, -0.1) is 0 Å². The van der Waals surface area contributed by atoms with Crippen molar-refractivity contribution in [2.75, 3.05) is 0 Å². The average molecular weight is 306 g/mol. The smallest absolute Gasteiger partial charge is 0.141 e. The van der Waals surface area contributed by atoms with E-state index in [0.29, 0.717) is 0 Å². The Kier molecular flexibility index (Phi) is 2.52. The van der Waals surface area contributed by atoms with Gasteiger partial charge in [-0.05, 0) is 47.5 Å². The van der Waals surface area contributed by atoms with Crippen molar-refractivity contribution < 1.29 is 4.52 Å². The summed E-state index contributed by atoms with van der Waals surface area (Å²) in [7, 11) is 1.98. The molecule has 3 rings (SSSR count). The Labute approximate surface area is 113 Å². The molecule has 0 aliphatic heterocycles. The first-order chi connectivity index (χ1) is 8.58. The van der Waals surface area contributed by atoms with Crippen molar-refractivity contribution in [3.8, 4) is 11.1 Å². The molecule has 5 heteroatoms. The van der Waals surface area contributed by atoms with E-state index in [2.05, 4.69) is 38.2 Å². The summed E-state index contributed by atoms with van der Waals surface area (Å²) in [6, 6.07) is 4.14. The van der Waals surface area contributed by atoms with Crippen LogP contribution in [0, 0.1) is 13.8 Å². The fourth-order valence-electron chi connectivity index (χ4n) is 2.28. The van der Waals surface area contributed by atoms with Gasteiger partial charge in [0.25, 0.3) is 0 Å². The maximum atomic E-state index is 5.22. The molecule has 0 saturated heterocycles. The van der Waals surface area contributed by atoms with E-state index in [0.717, 1.165) is 38.1 Å². The van der Waals surface area contributed by atoms with Crippen molar-refractivity contribution in [2.24, 2.45) is 7.05 Å². The zero-order valence-electron chi connectivity index (χ0n) is 10.4. The third-order valence-corrected chi connectivity index (χ3v) is 3.69. The Morgan fingerprint density at radius 2 is 2.06 bits per heavy atom. The van der Waals surface area contributed by atoms with Crippen LogP contribution in [0.1, 0.15) is 11.5 Å². The molecule has 0 saturated carbocycles. The molecule has 0 atom stereocenters. The molecule has 18 heavy (non-hydrogen) atoms. The van der Waals surface area contributed by atoms with Gasteiger partial charge in [-0.2, -0.15) is 0 Å². The van der Waals surface area contributed by atoms with Crippen LogP contribution in [0.4, 0.5) is 0 Å². The van der Waals surface area contributed by atoms with Gasteiger partial charge >= 0.3 is 0 Å². The lowest BCUT2D eigenvalue weighted by atomic mass is 10.0. The maximum absolute atomic E-state index is 5.22. The van der Waals surface area contributed by atoms with Gasteiger partial charge in [0.2, 0.25) is 0 Å². The molecular weight excluding hydrogens is 294 g/mol. The van der Waals surface area contributed by atoms with Gasteiger partial charge in [0.1, 0.15) is 5.76 Å². The SMILES string of the molecule is Cc1noc(C)c1-c1cc(Br)c2c(c1)ncn2C. The minimum Gasteiger partial charge on any atom is -0.361 e. The van der Waals surface area contributed by atoms with Gasteiger partial charge in [-0.3, -0.25) is 0 Å². The number of aromatic nitrogens is 3. The molecular formula is C13H12BrN3O. The quantitative estimate of drug-likeness (QED) is 0.690. The van der Waals surface area contributed by atoms with Gasteiger partial charge in [0.15, 0.2) is 0 Å². The van der Waals surface area contributed by atoms with Crippen LogP contribution < -0.4 is 0 Å². The van der Waals surface area contributed by atoms with Crippen molar-refractivity contribution >= 4 is 27.0 Å². The van der Waals surface area contributed by atoms with Crippen LogP contribution in [0.5, 0.6) is 0 Å². The molecule has 0 N–H and O–H groups in total. The summed E-state index contributed by atoms with van der Waals surface area (Å²) >= 11 is 3.60. The standard InChI is InChI=1S/C13H12BrN3O/c1-7-12(8(2)18-16-7)9-4-10(14)13-11(5-9)15-6-17(13)3/h4-6H,1-3H3. The van der Waals surface area contributed by atoms with Crippen LogP contribution in [-0.4, -0.2) is 14.7 Å². The fraction of sp³-hybridized carbons (Fsp3) is 0.231. The Hall–Kier alpha value is -1.62. The molecule has 92 valence electrons. The average Bonchev–Trinajstić information content (AvgIpc) is 2.83. The predicted octanol–water partition coefficient (Wildman–Crippen LogP) is 3.61. The van der Waals surface area contributed by atoms with Crippen LogP contribution in [0.15, 0.2) is 27.5 Å². The Morgan fingerprint density at radius 3 is 2.72 bits per heavy atom. The van der Waals surface area contributed by atoms with E-state index >= 15 is 0 Å². The number of nitrogens with zero attached hydrogens (tertiary/aromatic N) is 3. The van der Waals surface area contributed by atoms with Gasteiger partial charge in [-0.25, -0.2) is 4.98 Å². The van der Waals surface area contributed by atoms with Crippen LogP contribution in [-0.2, 0) is 7.05 Å². The highest BCUT2D eigenvalue weighted by Gasteiger charge is 2.14. The summed E-state index contributed by atoms with van der Waals surface area (Å²) in [5.41, 5.74) is 5.06. The van der Waals surface area contributed by atoms with E-state index in [-0.39, 0.29) is 0 Å². The van der Waals surface area contributed by atoms with E-state index in [4.69, 9.17) is 4.52 Å². The molecule has 0 aliphatic carbocycles. The Bertz CT molecular complexity index is 723. The first kappa shape index (κ1) is 11.5. The maximum Gasteiger partial charge on any atom is 0.141 e. The lowest BCUT2D eigenvalue weighted by Gasteiger charge is -2.04. The minimum absolute atomic E-state index is 0.828. The first-order valence-electron chi connectivity index (χ1n) is 5.61. The molecule has 0 spiro atoms. The number of rotatable bonds is 1.